The van der Waals surface area contributed by atoms with E-state index in [2.05, 4.69) is 4.98 Å². The van der Waals surface area contributed by atoms with Gasteiger partial charge in [0.2, 0.25) is 0 Å². The molecule has 2 rings (SSSR count). The Morgan fingerprint density at radius 1 is 1.11 bits per heavy atom. The number of aryl methyl sites for hydroxylation is 1. The molecule has 3 N–H and O–H groups in total. The van der Waals surface area contributed by atoms with Gasteiger partial charge in [-0.15, -0.1) is 0 Å². The van der Waals surface area contributed by atoms with Crippen molar-refractivity contribution in [2.45, 2.75) is 60.8 Å². The van der Waals surface area contributed by atoms with Gasteiger partial charge in [0, 0.05) is 29.4 Å². The Kier molecular flexibility index (Phi) is 6.04. The molecule has 0 saturated carbocycles. The van der Waals surface area contributed by atoms with E-state index in [1.165, 1.54) is 16.8 Å². The van der Waals surface area contributed by atoms with Gasteiger partial charge in [-0.05, 0) is 23.8 Å². The number of aromatic nitrogens is 2. The minimum Gasteiger partial charge on any atom is -0.350 e. The summed E-state index contributed by atoms with van der Waals surface area (Å²) in [4.78, 5) is 45.1. The molecule has 1 aromatic heterocycles. The Morgan fingerprint density at radius 3 is 2.11 bits per heavy atom. The number of aromatic amines is 1. The highest BCUT2D eigenvalue weighted by molar-refractivity contribution is 7.55. The molecule has 158 valence electrons. The molecule has 1 aliphatic rings. The van der Waals surface area contributed by atoms with Gasteiger partial charge in [-0.3, -0.25) is 18.9 Å². The van der Waals surface area contributed by atoms with Crippen LogP contribution in [-0.4, -0.2) is 25.4 Å². The molecule has 8 nitrogen and oxygen atoms in total. The summed E-state index contributed by atoms with van der Waals surface area (Å²) in [5.41, 5.74) is -1.18. The lowest BCUT2D eigenvalue weighted by Gasteiger charge is -2.41. The molecule has 0 radical (unpaired) electrons. The molecule has 1 aliphatic heterocycles. The first-order valence-electron chi connectivity index (χ1n) is 9.24. The summed E-state index contributed by atoms with van der Waals surface area (Å²) in [5.74, 6) is 0.584. The van der Waals surface area contributed by atoms with Gasteiger partial charge in [-0.25, -0.2) is 4.79 Å². The van der Waals surface area contributed by atoms with Crippen molar-refractivity contribution in [2.75, 3.05) is 0 Å². The van der Waals surface area contributed by atoms with Crippen molar-refractivity contribution in [2.24, 2.45) is 22.7 Å². The maximum absolute atomic E-state index is 12.5. The van der Waals surface area contributed by atoms with E-state index < -0.39 is 31.2 Å². The van der Waals surface area contributed by atoms with Crippen LogP contribution in [0.25, 0.3) is 0 Å². The second-order valence-electron chi connectivity index (χ2n) is 9.68. The molecule has 0 aromatic carbocycles. The van der Waals surface area contributed by atoms with Crippen LogP contribution in [0.15, 0.2) is 27.7 Å². The molecule has 1 fully saturated rings. The summed E-state index contributed by atoms with van der Waals surface area (Å²) in [6.45, 7) is 13.9. The van der Waals surface area contributed by atoms with Gasteiger partial charge in [-0.2, -0.15) is 0 Å². The fourth-order valence-electron chi connectivity index (χ4n) is 4.09. The van der Waals surface area contributed by atoms with Crippen molar-refractivity contribution >= 4 is 7.60 Å². The average Bonchev–Trinajstić information content (AvgIpc) is 2.88. The number of hydrogen-bond acceptors (Lipinski definition) is 4. The molecule has 0 bridgehead atoms. The van der Waals surface area contributed by atoms with Crippen LogP contribution in [0.1, 0.15) is 53.3 Å². The first kappa shape index (κ1) is 22.8. The maximum atomic E-state index is 12.5. The lowest BCUT2D eigenvalue weighted by molar-refractivity contribution is -0.0197. The molecule has 1 aromatic rings. The molecule has 28 heavy (non-hydrogen) atoms. The van der Waals surface area contributed by atoms with E-state index in [0.29, 0.717) is 5.56 Å². The maximum Gasteiger partial charge on any atom is 0.348 e. The second kappa shape index (κ2) is 7.41. The van der Waals surface area contributed by atoms with Crippen LogP contribution in [0.3, 0.4) is 0 Å². The summed E-state index contributed by atoms with van der Waals surface area (Å²) in [7, 11) is -4.35. The number of rotatable bonds is 3. The zero-order valence-corrected chi connectivity index (χ0v) is 18.4. The molecular weight excluding hydrogens is 383 g/mol. The minimum absolute atomic E-state index is 0.126. The summed E-state index contributed by atoms with van der Waals surface area (Å²) >= 11 is 0. The van der Waals surface area contributed by atoms with Gasteiger partial charge in [0.1, 0.15) is 6.23 Å². The van der Waals surface area contributed by atoms with E-state index in [-0.39, 0.29) is 22.7 Å². The number of hydrogen-bond donors (Lipinski definition) is 3. The quantitative estimate of drug-likeness (QED) is 0.654. The fourth-order valence-corrected chi connectivity index (χ4v) is 4.48. The standard InChI is InChI=1S/C19H31N2O6P/c1-11-10-21(17(23)20-15(11)22)16-14(19(5,6)7)13(18(2,3)4)12(27-16)8-9-28(24,25)26/h8-10,12-14,16H,1-7H3,(H,20,22,23)(H2,24,25,26)/b9-8+. The van der Waals surface area contributed by atoms with Gasteiger partial charge in [-0.1, -0.05) is 41.5 Å². The Labute approximate surface area is 164 Å². The lowest BCUT2D eigenvalue weighted by atomic mass is 9.63. The predicted molar refractivity (Wildman–Crippen MR) is 107 cm³/mol. The van der Waals surface area contributed by atoms with E-state index in [4.69, 9.17) is 4.74 Å². The fraction of sp³-hybridized carbons (Fsp3) is 0.684. The Bertz CT molecular complexity index is 912. The highest BCUT2D eigenvalue weighted by Gasteiger charge is 2.54. The zero-order chi connectivity index (χ0) is 21.7. The molecule has 4 atom stereocenters. The summed E-state index contributed by atoms with van der Waals surface area (Å²) < 4.78 is 19.0. The highest BCUT2D eigenvalue weighted by Crippen LogP contribution is 2.55. The minimum atomic E-state index is -4.35. The summed E-state index contributed by atoms with van der Waals surface area (Å²) in [6.07, 6.45) is 1.61. The molecule has 0 amide bonds. The monoisotopic (exact) mass is 414 g/mol. The summed E-state index contributed by atoms with van der Waals surface area (Å²) in [5, 5.41) is 0. The smallest absolute Gasteiger partial charge is 0.348 e. The second-order valence-corrected chi connectivity index (χ2v) is 11.2. The normalized spacial score (nSPS) is 26.9. The largest absolute Gasteiger partial charge is 0.350 e. The van der Waals surface area contributed by atoms with Gasteiger partial charge >= 0.3 is 13.3 Å². The number of ether oxygens (including phenoxy) is 1. The van der Waals surface area contributed by atoms with Crippen molar-refractivity contribution in [3.63, 3.8) is 0 Å². The molecule has 1 saturated heterocycles. The number of nitrogens with one attached hydrogen (secondary N) is 1. The van der Waals surface area contributed by atoms with Gasteiger partial charge in [0.25, 0.3) is 5.56 Å². The topological polar surface area (TPSA) is 122 Å². The van der Waals surface area contributed by atoms with Crippen LogP contribution >= 0.6 is 7.60 Å². The van der Waals surface area contributed by atoms with E-state index in [0.717, 1.165) is 5.82 Å². The van der Waals surface area contributed by atoms with Gasteiger partial charge < -0.3 is 14.5 Å². The Hall–Kier alpha value is -1.47. The first-order chi connectivity index (χ1) is 12.5. The Morgan fingerprint density at radius 2 is 1.64 bits per heavy atom. The van der Waals surface area contributed by atoms with Crippen LogP contribution < -0.4 is 11.2 Å². The zero-order valence-electron chi connectivity index (χ0n) is 17.5. The highest BCUT2D eigenvalue weighted by atomic mass is 31.2. The van der Waals surface area contributed by atoms with Crippen LogP contribution in [0.5, 0.6) is 0 Å². The van der Waals surface area contributed by atoms with E-state index >= 15 is 0 Å². The number of nitrogens with zero attached hydrogens (tertiary/aromatic N) is 1. The van der Waals surface area contributed by atoms with E-state index in [9.17, 15) is 23.9 Å². The van der Waals surface area contributed by atoms with Crippen LogP contribution in [0, 0.1) is 29.6 Å². The van der Waals surface area contributed by atoms with Gasteiger partial charge in [0.15, 0.2) is 0 Å². The van der Waals surface area contributed by atoms with Crippen molar-refractivity contribution in [3.8, 4) is 0 Å². The van der Waals surface area contributed by atoms with Crippen LogP contribution in [0.4, 0.5) is 0 Å². The van der Waals surface area contributed by atoms with E-state index in [1.54, 1.807) is 6.92 Å². The predicted octanol–water partition coefficient (Wildman–Crippen LogP) is 2.76. The lowest BCUT2D eigenvalue weighted by Crippen LogP contribution is -2.42. The average molecular weight is 414 g/mol. The first-order valence-corrected chi connectivity index (χ1v) is 10.9. The third kappa shape index (κ3) is 4.92. The van der Waals surface area contributed by atoms with Crippen molar-refractivity contribution in [1.29, 1.82) is 0 Å². The van der Waals surface area contributed by atoms with Crippen LogP contribution in [-0.2, 0) is 9.30 Å². The molecule has 4 unspecified atom stereocenters. The van der Waals surface area contributed by atoms with Gasteiger partial charge in [0.05, 0.1) is 6.10 Å². The molecule has 0 aliphatic carbocycles. The number of H-pyrrole nitrogens is 1. The molecule has 0 spiro atoms. The molecule has 9 heteroatoms. The third-order valence-corrected chi connectivity index (χ3v) is 5.80. The third-order valence-electron chi connectivity index (χ3n) is 5.23. The van der Waals surface area contributed by atoms with Crippen molar-refractivity contribution < 1.29 is 19.1 Å². The molecule has 2 heterocycles. The van der Waals surface area contributed by atoms with Crippen molar-refractivity contribution in [3.05, 3.63) is 44.5 Å². The van der Waals surface area contributed by atoms with Crippen molar-refractivity contribution in [1.82, 2.24) is 9.55 Å². The SMILES string of the molecule is Cc1cn(C2OC(/C=C/P(=O)(O)O)C(C(C)(C)C)C2C(C)(C)C)c(=O)[nH]c1=O. The Balaban J connectivity index is 2.67. The van der Waals surface area contributed by atoms with E-state index in [1.807, 2.05) is 41.5 Å². The van der Waals surface area contributed by atoms with Crippen LogP contribution in [0.2, 0.25) is 0 Å². The molecular formula is C19H31N2O6P. The summed E-state index contributed by atoms with van der Waals surface area (Å²) in [6, 6.07) is 0.